The number of carbonyl (C=O) groups is 2. The number of carboxylic acids is 1. The van der Waals surface area contributed by atoms with E-state index in [0.717, 1.165) is 6.07 Å². The molecular weight excluding hydrogens is 364 g/mol. The quantitative estimate of drug-likeness (QED) is 0.774. The van der Waals surface area contributed by atoms with Crippen molar-refractivity contribution in [2.24, 2.45) is 5.92 Å². The van der Waals surface area contributed by atoms with Crippen molar-refractivity contribution in [3.63, 3.8) is 0 Å². The van der Waals surface area contributed by atoms with Crippen LogP contribution in [-0.4, -0.2) is 23.0 Å². The molecule has 1 aromatic rings. The number of hydrogen-bond donors (Lipinski definition) is 2. The molecule has 0 radical (unpaired) electrons. The zero-order chi connectivity index (χ0) is 14.6. The van der Waals surface area contributed by atoms with Gasteiger partial charge in [0.05, 0.1) is 0 Å². The summed E-state index contributed by atoms with van der Waals surface area (Å²) in [5, 5.41) is 11.4. The third-order valence-corrected chi connectivity index (χ3v) is 3.37. The predicted molar refractivity (Wildman–Crippen MR) is 77.5 cm³/mol. The summed E-state index contributed by atoms with van der Waals surface area (Å²) in [4.78, 5) is 22.9. The number of carboxylic acid groups (broad SMARTS) is 1. The molecule has 2 N–H and O–H groups in total. The van der Waals surface area contributed by atoms with Crippen molar-refractivity contribution in [3.8, 4) is 0 Å². The standard InChI is InChI=1S/C13H15FINO3/c1-7(2)5-11(13(18)19)16-12(17)8-3-4-10(15)9(14)6-8/h3-4,6-7,11H,5H2,1-2H3,(H,16,17)(H,18,19)/t11-/m1/s1. The molecule has 0 aliphatic carbocycles. The van der Waals surface area contributed by atoms with E-state index in [1.165, 1.54) is 12.1 Å². The normalized spacial score (nSPS) is 12.3. The van der Waals surface area contributed by atoms with Crippen molar-refractivity contribution in [2.45, 2.75) is 26.3 Å². The van der Waals surface area contributed by atoms with Crippen molar-refractivity contribution < 1.29 is 19.1 Å². The average molecular weight is 379 g/mol. The van der Waals surface area contributed by atoms with Crippen LogP contribution in [0.25, 0.3) is 0 Å². The molecule has 0 fully saturated rings. The first-order valence-corrected chi connectivity index (χ1v) is 6.88. The van der Waals surface area contributed by atoms with Gasteiger partial charge in [-0.3, -0.25) is 4.79 Å². The summed E-state index contributed by atoms with van der Waals surface area (Å²) in [7, 11) is 0. The van der Waals surface area contributed by atoms with Gasteiger partial charge in [0.15, 0.2) is 0 Å². The smallest absolute Gasteiger partial charge is 0.326 e. The zero-order valence-electron chi connectivity index (χ0n) is 10.6. The van der Waals surface area contributed by atoms with Crippen molar-refractivity contribution in [3.05, 3.63) is 33.1 Å². The van der Waals surface area contributed by atoms with Crippen LogP contribution < -0.4 is 5.32 Å². The summed E-state index contributed by atoms with van der Waals surface area (Å²) in [5.74, 6) is -2.03. The van der Waals surface area contributed by atoms with Crippen LogP contribution in [0.1, 0.15) is 30.6 Å². The van der Waals surface area contributed by atoms with Crippen molar-refractivity contribution in [2.75, 3.05) is 0 Å². The lowest BCUT2D eigenvalue weighted by Gasteiger charge is -2.16. The summed E-state index contributed by atoms with van der Waals surface area (Å²) >= 11 is 1.82. The molecule has 0 bridgehead atoms. The molecule has 0 unspecified atom stereocenters. The Morgan fingerprint density at radius 2 is 2.05 bits per heavy atom. The molecule has 0 heterocycles. The van der Waals surface area contributed by atoms with Crippen LogP contribution in [0.4, 0.5) is 4.39 Å². The van der Waals surface area contributed by atoms with Crippen LogP contribution in [0.3, 0.4) is 0 Å². The molecule has 4 nitrogen and oxygen atoms in total. The maximum Gasteiger partial charge on any atom is 0.326 e. The van der Waals surface area contributed by atoms with Crippen molar-refractivity contribution in [1.82, 2.24) is 5.32 Å². The van der Waals surface area contributed by atoms with Gasteiger partial charge < -0.3 is 10.4 Å². The van der Waals surface area contributed by atoms with Gasteiger partial charge in [-0.25, -0.2) is 9.18 Å². The number of carbonyl (C=O) groups excluding carboxylic acids is 1. The Labute approximate surface area is 124 Å². The van der Waals surface area contributed by atoms with Crippen LogP contribution >= 0.6 is 22.6 Å². The van der Waals surface area contributed by atoms with E-state index >= 15 is 0 Å². The lowest BCUT2D eigenvalue weighted by atomic mass is 10.0. The topological polar surface area (TPSA) is 66.4 Å². The molecule has 0 saturated carbocycles. The van der Waals surface area contributed by atoms with Gasteiger partial charge in [0, 0.05) is 9.13 Å². The summed E-state index contributed by atoms with van der Waals surface area (Å²) < 4.78 is 13.8. The second-order valence-corrected chi connectivity index (χ2v) is 5.78. The fourth-order valence-corrected chi connectivity index (χ4v) is 1.91. The third-order valence-electron chi connectivity index (χ3n) is 2.49. The van der Waals surface area contributed by atoms with Crippen LogP contribution in [0.5, 0.6) is 0 Å². The van der Waals surface area contributed by atoms with E-state index in [2.05, 4.69) is 5.32 Å². The highest BCUT2D eigenvalue weighted by molar-refractivity contribution is 14.1. The van der Waals surface area contributed by atoms with Gasteiger partial charge in [0.2, 0.25) is 0 Å². The second-order valence-electron chi connectivity index (χ2n) is 4.62. The molecule has 6 heteroatoms. The molecule has 0 spiro atoms. The maximum absolute atomic E-state index is 13.3. The monoisotopic (exact) mass is 379 g/mol. The molecule has 104 valence electrons. The van der Waals surface area contributed by atoms with Gasteiger partial charge in [0.25, 0.3) is 5.91 Å². The van der Waals surface area contributed by atoms with Gasteiger partial charge in [-0.15, -0.1) is 0 Å². The van der Waals surface area contributed by atoms with E-state index in [-0.39, 0.29) is 11.5 Å². The number of halogens is 2. The Hall–Kier alpha value is -1.18. The Bertz CT molecular complexity index is 491. The average Bonchev–Trinajstić information content (AvgIpc) is 2.31. The molecule has 1 rings (SSSR count). The summed E-state index contributed by atoms with van der Waals surface area (Å²) in [5.41, 5.74) is 0.118. The fraction of sp³-hybridized carbons (Fsp3) is 0.385. The van der Waals surface area contributed by atoms with E-state index < -0.39 is 23.7 Å². The Morgan fingerprint density at radius 3 is 2.53 bits per heavy atom. The number of hydrogen-bond acceptors (Lipinski definition) is 2. The largest absolute Gasteiger partial charge is 0.480 e. The molecule has 0 aliphatic heterocycles. The predicted octanol–water partition coefficient (Wildman–Crippen LogP) is 2.66. The highest BCUT2D eigenvalue weighted by Crippen LogP contribution is 2.13. The van der Waals surface area contributed by atoms with E-state index in [1.807, 2.05) is 36.4 Å². The van der Waals surface area contributed by atoms with Crippen molar-refractivity contribution in [1.29, 1.82) is 0 Å². The third kappa shape index (κ3) is 4.77. The Morgan fingerprint density at radius 1 is 1.42 bits per heavy atom. The maximum atomic E-state index is 13.3. The Kier molecular flexibility index (Phi) is 5.71. The highest BCUT2D eigenvalue weighted by atomic mass is 127. The van der Waals surface area contributed by atoms with Crippen molar-refractivity contribution >= 4 is 34.5 Å². The first-order valence-electron chi connectivity index (χ1n) is 5.80. The van der Waals surface area contributed by atoms with Crippen LogP contribution in [-0.2, 0) is 4.79 Å². The second kappa shape index (κ2) is 6.83. The summed E-state index contributed by atoms with van der Waals surface area (Å²) in [6, 6.07) is 3.08. The first kappa shape index (κ1) is 15.9. The van der Waals surface area contributed by atoms with E-state index in [1.54, 1.807) is 0 Å². The minimum atomic E-state index is -1.09. The molecule has 1 amide bonds. The number of benzene rings is 1. The Balaban J connectivity index is 2.81. The van der Waals surface area contributed by atoms with Gasteiger partial charge in [-0.05, 0) is 53.1 Å². The lowest BCUT2D eigenvalue weighted by Crippen LogP contribution is -2.41. The van der Waals surface area contributed by atoms with E-state index in [4.69, 9.17) is 5.11 Å². The SMILES string of the molecule is CC(C)C[C@@H](NC(=O)c1ccc(I)c(F)c1)C(=O)O. The van der Waals surface area contributed by atoms with Gasteiger partial charge in [-0.1, -0.05) is 13.8 Å². The molecular formula is C13H15FINO3. The molecule has 19 heavy (non-hydrogen) atoms. The molecule has 1 atom stereocenters. The first-order chi connectivity index (χ1) is 8.81. The summed E-state index contributed by atoms with van der Waals surface area (Å²) in [6.45, 7) is 3.74. The number of rotatable bonds is 5. The number of amides is 1. The number of aliphatic carboxylic acids is 1. The van der Waals surface area contributed by atoms with Crippen LogP contribution in [0.2, 0.25) is 0 Å². The highest BCUT2D eigenvalue weighted by Gasteiger charge is 2.22. The number of nitrogens with one attached hydrogen (secondary N) is 1. The molecule has 0 aromatic heterocycles. The fourth-order valence-electron chi connectivity index (χ4n) is 1.57. The molecule has 0 aliphatic rings. The van der Waals surface area contributed by atoms with E-state index in [0.29, 0.717) is 9.99 Å². The summed E-state index contributed by atoms with van der Waals surface area (Å²) in [6.07, 6.45) is 0.327. The van der Waals surface area contributed by atoms with Gasteiger partial charge in [0.1, 0.15) is 11.9 Å². The minimum Gasteiger partial charge on any atom is -0.480 e. The lowest BCUT2D eigenvalue weighted by molar-refractivity contribution is -0.139. The molecule has 1 aromatic carbocycles. The van der Waals surface area contributed by atoms with Gasteiger partial charge >= 0.3 is 5.97 Å². The zero-order valence-corrected chi connectivity index (χ0v) is 12.8. The minimum absolute atomic E-state index is 0.118. The van der Waals surface area contributed by atoms with Crippen LogP contribution in [0.15, 0.2) is 18.2 Å². The van der Waals surface area contributed by atoms with Gasteiger partial charge in [-0.2, -0.15) is 0 Å². The molecule has 0 saturated heterocycles. The van der Waals surface area contributed by atoms with Crippen LogP contribution in [0, 0.1) is 15.3 Å². The van der Waals surface area contributed by atoms with E-state index in [9.17, 15) is 14.0 Å².